The highest BCUT2D eigenvalue weighted by molar-refractivity contribution is 7.99. The number of hydrogen-bond acceptors (Lipinski definition) is 6. The van der Waals surface area contributed by atoms with Crippen LogP contribution in [0.5, 0.6) is 0 Å². The van der Waals surface area contributed by atoms with Gasteiger partial charge in [0.2, 0.25) is 0 Å². The Morgan fingerprint density at radius 3 is 2.96 bits per heavy atom. The van der Waals surface area contributed by atoms with Gasteiger partial charge in [-0.05, 0) is 25.8 Å². The minimum atomic E-state index is -0.884. The molecule has 25 heavy (non-hydrogen) atoms. The number of hydrogen-bond donors (Lipinski definition) is 1. The molecule has 1 unspecified atom stereocenters. The molecule has 3 heterocycles. The Morgan fingerprint density at radius 1 is 1.44 bits per heavy atom. The van der Waals surface area contributed by atoms with Crippen LogP contribution in [0.25, 0.3) is 11.1 Å². The maximum atomic E-state index is 13.3. The van der Waals surface area contributed by atoms with Crippen LogP contribution >= 0.6 is 11.8 Å². The Balaban J connectivity index is 1.75. The minimum Gasteiger partial charge on any atom is -0.481 e. The third-order valence-corrected chi connectivity index (χ3v) is 5.85. The van der Waals surface area contributed by atoms with Crippen LogP contribution in [0.3, 0.4) is 0 Å². The second kappa shape index (κ2) is 6.33. The molecule has 1 aliphatic heterocycles. The minimum absolute atomic E-state index is 0.0366. The van der Waals surface area contributed by atoms with Gasteiger partial charge in [-0.2, -0.15) is 11.8 Å². The zero-order valence-electron chi connectivity index (χ0n) is 13.9. The SMILES string of the molecule is Cc1noc2nc(C3CC3)cc(C(=O)N3CCSCC3CC(=O)O)c12. The molecule has 7 nitrogen and oxygen atoms in total. The van der Waals surface area contributed by atoms with Crippen molar-refractivity contribution in [1.29, 1.82) is 0 Å². The number of aryl methyl sites for hydroxylation is 1. The standard InChI is InChI=1S/C17H19N3O4S/c1-9-15-12(7-13(10-2-3-10)18-16(15)24-19-9)17(23)20-4-5-25-8-11(20)6-14(21)22/h7,10-11H,2-6,8H2,1H3,(H,21,22). The molecule has 8 heteroatoms. The van der Waals surface area contributed by atoms with Crippen molar-refractivity contribution in [1.82, 2.24) is 15.0 Å². The molecule has 1 saturated carbocycles. The van der Waals surface area contributed by atoms with Crippen LogP contribution in [-0.2, 0) is 4.79 Å². The number of fused-ring (bicyclic) bond motifs is 1. The molecule has 0 aromatic carbocycles. The molecule has 2 aromatic heterocycles. The summed E-state index contributed by atoms with van der Waals surface area (Å²) >= 11 is 1.69. The molecule has 0 spiro atoms. The van der Waals surface area contributed by atoms with Crippen LogP contribution in [-0.4, -0.2) is 56.1 Å². The Bertz CT molecular complexity index is 846. The van der Waals surface area contributed by atoms with E-state index in [1.807, 2.05) is 6.07 Å². The van der Waals surface area contributed by atoms with Gasteiger partial charge < -0.3 is 14.5 Å². The van der Waals surface area contributed by atoms with Crippen LogP contribution in [0, 0.1) is 6.92 Å². The number of rotatable bonds is 4. The van der Waals surface area contributed by atoms with E-state index < -0.39 is 5.97 Å². The van der Waals surface area contributed by atoms with Crippen LogP contribution in [0.4, 0.5) is 0 Å². The molecule has 1 aliphatic carbocycles. The van der Waals surface area contributed by atoms with Gasteiger partial charge in [0, 0.05) is 29.7 Å². The van der Waals surface area contributed by atoms with E-state index in [1.165, 1.54) is 0 Å². The summed E-state index contributed by atoms with van der Waals surface area (Å²) in [5.41, 5.74) is 2.43. The highest BCUT2D eigenvalue weighted by Gasteiger charge is 2.33. The van der Waals surface area contributed by atoms with Gasteiger partial charge in [-0.1, -0.05) is 5.16 Å². The van der Waals surface area contributed by atoms with E-state index >= 15 is 0 Å². The largest absolute Gasteiger partial charge is 0.481 e. The summed E-state index contributed by atoms with van der Waals surface area (Å²) in [6.07, 6.45) is 2.10. The Morgan fingerprint density at radius 2 is 2.24 bits per heavy atom. The summed E-state index contributed by atoms with van der Waals surface area (Å²) in [6.45, 7) is 2.34. The van der Waals surface area contributed by atoms with Crippen LogP contribution < -0.4 is 0 Å². The molecule has 4 rings (SSSR count). The number of aromatic nitrogens is 2. The normalized spacial score (nSPS) is 20.8. The first kappa shape index (κ1) is 16.4. The third kappa shape index (κ3) is 3.10. The number of carbonyl (C=O) groups excluding carboxylic acids is 1. The summed E-state index contributed by atoms with van der Waals surface area (Å²) in [5, 5.41) is 13.8. The van der Waals surface area contributed by atoms with E-state index in [1.54, 1.807) is 23.6 Å². The fourth-order valence-electron chi connectivity index (χ4n) is 3.32. The molecule has 2 aliphatic rings. The average molecular weight is 361 g/mol. The molecule has 0 bridgehead atoms. The molecule has 2 aromatic rings. The summed E-state index contributed by atoms with van der Waals surface area (Å²) < 4.78 is 5.31. The smallest absolute Gasteiger partial charge is 0.305 e. The van der Waals surface area contributed by atoms with E-state index in [0.717, 1.165) is 24.3 Å². The molecule has 1 atom stereocenters. The molecule has 2 fully saturated rings. The Kier molecular flexibility index (Phi) is 4.15. The highest BCUT2D eigenvalue weighted by Crippen LogP contribution is 2.40. The number of carboxylic acids is 1. The number of carboxylic acid groups (broad SMARTS) is 1. The van der Waals surface area contributed by atoms with Crippen molar-refractivity contribution >= 4 is 34.7 Å². The summed E-state index contributed by atoms with van der Waals surface area (Å²) in [7, 11) is 0. The van der Waals surface area contributed by atoms with Gasteiger partial charge in [0.25, 0.3) is 11.6 Å². The van der Waals surface area contributed by atoms with Gasteiger partial charge in [0.1, 0.15) is 0 Å². The molecule has 132 valence electrons. The monoisotopic (exact) mass is 361 g/mol. The van der Waals surface area contributed by atoms with Crippen molar-refractivity contribution in [2.45, 2.75) is 38.1 Å². The van der Waals surface area contributed by atoms with Crippen molar-refractivity contribution in [3.05, 3.63) is 23.0 Å². The first-order valence-electron chi connectivity index (χ1n) is 8.42. The number of thioether (sulfide) groups is 1. The van der Waals surface area contributed by atoms with E-state index in [4.69, 9.17) is 9.63 Å². The third-order valence-electron chi connectivity index (χ3n) is 4.76. The Labute approximate surface area is 148 Å². The fourth-order valence-corrected chi connectivity index (χ4v) is 4.38. The average Bonchev–Trinajstić information content (AvgIpc) is 3.37. The summed E-state index contributed by atoms with van der Waals surface area (Å²) in [6, 6.07) is 1.56. The first-order valence-corrected chi connectivity index (χ1v) is 9.57. The van der Waals surface area contributed by atoms with Crippen molar-refractivity contribution in [3.8, 4) is 0 Å². The van der Waals surface area contributed by atoms with Crippen molar-refractivity contribution in [3.63, 3.8) is 0 Å². The van der Waals surface area contributed by atoms with Gasteiger partial charge in [0.05, 0.1) is 29.1 Å². The van der Waals surface area contributed by atoms with Gasteiger partial charge in [-0.25, -0.2) is 4.98 Å². The van der Waals surface area contributed by atoms with E-state index in [9.17, 15) is 9.59 Å². The summed E-state index contributed by atoms with van der Waals surface area (Å²) in [5.74, 6) is 0.809. The van der Waals surface area contributed by atoms with Crippen LogP contribution in [0.2, 0.25) is 0 Å². The van der Waals surface area contributed by atoms with Crippen LogP contribution in [0.15, 0.2) is 10.6 Å². The van der Waals surface area contributed by atoms with Gasteiger partial charge in [-0.15, -0.1) is 0 Å². The maximum absolute atomic E-state index is 13.3. The number of nitrogens with zero attached hydrogens (tertiary/aromatic N) is 3. The van der Waals surface area contributed by atoms with Gasteiger partial charge in [-0.3, -0.25) is 9.59 Å². The molecular formula is C17H19N3O4S. The van der Waals surface area contributed by atoms with Crippen molar-refractivity contribution in [2.24, 2.45) is 0 Å². The number of pyridine rings is 1. The molecule has 1 N–H and O–H groups in total. The zero-order chi connectivity index (χ0) is 17.6. The van der Waals surface area contributed by atoms with E-state index in [2.05, 4.69) is 10.1 Å². The topological polar surface area (TPSA) is 96.5 Å². The highest BCUT2D eigenvalue weighted by atomic mass is 32.2. The zero-order valence-corrected chi connectivity index (χ0v) is 14.7. The lowest BCUT2D eigenvalue weighted by atomic mass is 10.0. The van der Waals surface area contributed by atoms with Gasteiger partial charge >= 0.3 is 5.97 Å². The predicted molar refractivity (Wildman–Crippen MR) is 92.9 cm³/mol. The fraction of sp³-hybridized carbons (Fsp3) is 0.529. The summed E-state index contributed by atoms with van der Waals surface area (Å²) in [4.78, 5) is 30.7. The molecular weight excluding hydrogens is 342 g/mol. The Hall–Kier alpha value is -2.09. The van der Waals surface area contributed by atoms with E-state index in [-0.39, 0.29) is 18.4 Å². The van der Waals surface area contributed by atoms with E-state index in [0.29, 0.717) is 40.6 Å². The first-order chi connectivity index (χ1) is 12.0. The number of amides is 1. The lowest BCUT2D eigenvalue weighted by Gasteiger charge is -2.34. The van der Waals surface area contributed by atoms with Crippen molar-refractivity contribution < 1.29 is 19.2 Å². The van der Waals surface area contributed by atoms with Crippen molar-refractivity contribution in [2.75, 3.05) is 18.1 Å². The quantitative estimate of drug-likeness (QED) is 0.893. The lowest BCUT2D eigenvalue weighted by Crippen LogP contribution is -2.47. The number of aliphatic carboxylic acids is 1. The second-order valence-corrected chi connectivity index (χ2v) is 7.79. The maximum Gasteiger partial charge on any atom is 0.305 e. The molecule has 1 saturated heterocycles. The lowest BCUT2D eigenvalue weighted by molar-refractivity contribution is -0.138. The van der Waals surface area contributed by atoms with Crippen LogP contribution in [0.1, 0.15) is 46.9 Å². The molecule has 1 amide bonds. The van der Waals surface area contributed by atoms with Gasteiger partial charge in [0.15, 0.2) is 0 Å². The molecule has 0 radical (unpaired) electrons. The second-order valence-electron chi connectivity index (χ2n) is 6.64. The number of carbonyl (C=O) groups is 2. The predicted octanol–water partition coefficient (Wildman–Crippen LogP) is 2.44.